The van der Waals surface area contributed by atoms with Crippen LogP contribution in [0.3, 0.4) is 0 Å². The van der Waals surface area contributed by atoms with E-state index in [9.17, 15) is 19.5 Å². The molecule has 0 aromatic rings. The Morgan fingerprint density at radius 1 is 1.09 bits per heavy atom. The van der Waals surface area contributed by atoms with Crippen molar-refractivity contribution in [2.75, 3.05) is 0 Å². The van der Waals surface area contributed by atoms with Crippen molar-refractivity contribution in [1.82, 2.24) is 0 Å². The molecule has 2 aliphatic carbocycles. The van der Waals surface area contributed by atoms with E-state index in [4.69, 9.17) is 4.74 Å². The van der Waals surface area contributed by atoms with Crippen molar-refractivity contribution in [3.05, 3.63) is 34.6 Å². The minimum Gasteiger partial charge on any atom is -0.490 e. The number of aliphatic hydroxyl groups is 1. The highest BCUT2D eigenvalue weighted by atomic mass is 16.5. The van der Waals surface area contributed by atoms with Crippen LogP contribution < -0.4 is 0 Å². The van der Waals surface area contributed by atoms with Crippen molar-refractivity contribution in [3.63, 3.8) is 0 Å². The molecular weight excluding hydrogens is 440 g/mol. The summed E-state index contributed by atoms with van der Waals surface area (Å²) in [5, 5.41) is 10.9. The average molecular weight is 485 g/mol. The van der Waals surface area contributed by atoms with E-state index in [1.165, 1.54) is 0 Å². The van der Waals surface area contributed by atoms with Crippen LogP contribution in [0, 0.1) is 28.1 Å². The summed E-state index contributed by atoms with van der Waals surface area (Å²) in [5.41, 5.74) is -2.27. The van der Waals surface area contributed by atoms with Gasteiger partial charge < -0.3 is 9.84 Å². The van der Waals surface area contributed by atoms with Gasteiger partial charge in [0.15, 0.2) is 22.8 Å². The van der Waals surface area contributed by atoms with Crippen molar-refractivity contribution < 1.29 is 24.2 Å². The van der Waals surface area contributed by atoms with E-state index < -0.39 is 39.7 Å². The molecule has 35 heavy (non-hydrogen) atoms. The van der Waals surface area contributed by atoms with Crippen LogP contribution in [0.2, 0.25) is 0 Å². The molecule has 1 aliphatic heterocycles. The Morgan fingerprint density at radius 3 is 2.14 bits per heavy atom. The Bertz CT molecular complexity index is 1020. The number of Topliss-reactive ketones (excluding diaryl/α,β-unsaturated/α-hetero) is 3. The van der Waals surface area contributed by atoms with Gasteiger partial charge in [-0.2, -0.15) is 0 Å². The monoisotopic (exact) mass is 484 g/mol. The maximum absolute atomic E-state index is 14.7. The fourth-order valence-corrected chi connectivity index (χ4v) is 6.50. The van der Waals surface area contributed by atoms with Crippen LogP contribution in [0.4, 0.5) is 0 Å². The van der Waals surface area contributed by atoms with Crippen LogP contribution in [-0.2, 0) is 19.1 Å². The number of ketones is 3. The highest BCUT2D eigenvalue weighted by Crippen LogP contribution is 2.68. The molecule has 1 saturated heterocycles. The van der Waals surface area contributed by atoms with E-state index in [1.54, 1.807) is 27.7 Å². The van der Waals surface area contributed by atoms with Gasteiger partial charge in [0.2, 0.25) is 0 Å². The summed E-state index contributed by atoms with van der Waals surface area (Å²) < 4.78 is 6.35. The predicted molar refractivity (Wildman–Crippen MR) is 138 cm³/mol. The second-order valence-electron chi connectivity index (χ2n) is 12.9. The fraction of sp³-hybridized carbons (Fsp3) is 0.700. The first-order chi connectivity index (χ1) is 15.9. The van der Waals surface area contributed by atoms with E-state index in [1.807, 2.05) is 47.6 Å². The largest absolute Gasteiger partial charge is 0.490 e. The maximum atomic E-state index is 14.7. The minimum atomic E-state index is -1.76. The summed E-state index contributed by atoms with van der Waals surface area (Å²) >= 11 is 0. The smallest absolute Gasteiger partial charge is 0.184 e. The summed E-state index contributed by atoms with van der Waals surface area (Å²) in [4.78, 5) is 43.3. The molecular formula is C30H44O5. The third-order valence-corrected chi connectivity index (χ3v) is 8.68. The van der Waals surface area contributed by atoms with Crippen molar-refractivity contribution in [2.24, 2.45) is 28.1 Å². The van der Waals surface area contributed by atoms with Crippen molar-refractivity contribution in [1.29, 1.82) is 0 Å². The molecule has 1 spiro atoms. The molecule has 2 bridgehead atoms. The second-order valence-corrected chi connectivity index (χ2v) is 12.9. The maximum Gasteiger partial charge on any atom is 0.184 e. The third kappa shape index (κ3) is 3.98. The van der Waals surface area contributed by atoms with E-state index in [2.05, 4.69) is 6.08 Å². The van der Waals surface area contributed by atoms with Crippen molar-refractivity contribution >= 4 is 17.3 Å². The van der Waals surface area contributed by atoms with Crippen molar-refractivity contribution in [3.8, 4) is 0 Å². The SMILES string of the molecule is CC(C)=CCC1=C2O[C@H](C(C)(C)O)CC23CC(CC=C(C)C)C(C)(C)[C@](C(=O)C(C)C)(C1=O)C3=O. The molecule has 1 N–H and O–H groups in total. The van der Waals surface area contributed by atoms with E-state index >= 15 is 0 Å². The number of fused-ring (bicyclic) bond motifs is 1. The summed E-state index contributed by atoms with van der Waals surface area (Å²) in [5.74, 6) is -1.14. The van der Waals surface area contributed by atoms with Crippen molar-refractivity contribution in [2.45, 2.75) is 107 Å². The van der Waals surface area contributed by atoms with E-state index in [0.29, 0.717) is 30.6 Å². The van der Waals surface area contributed by atoms with Crippen LogP contribution >= 0.6 is 0 Å². The zero-order valence-electron chi connectivity index (χ0n) is 23.3. The molecule has 0 amide bonds. The first-order valence-corrected chi connectivity index (χ1v) is 13.0. The van der Waals surface area contributed by atoms with Crippen LogP contribution in [0.5, 0.6) is 0 Å². The fourth-order valence-electron chi connectivity index (χ4n) is 6.50. The van der Waals surface area contributed by atoms with Gasteiger partial charge in [-0.25, -0.2) is 0 Å². The lowest BCUT2D eigenvalue weighted by atomic mass is 9.39. The van der Waals surface area contributed by atoms with Gasteiger partial charge in [-0.05, 0) is 72.1 Å². The molecule has 3 aliphatic rings. The van der Waals surface area contributed by atoms with Gasteiger partial charge in [0.1, 0.15) is 11.9 Å². The molecule has 5 heteroatoms. The number of hydrogen-bond acceptors (Lipinski definition) is 5. The van der Waals surface area contributed by atoms with Gasteiger partial charge in [-0.1, -0.05) is 51.0 Å². The molecule has 0 aromatic carbocycles. The lowest BCUT2D eigenvalue weighted by molar-refractivity contribution is -0.176. The van der Waals surface area contributed by atoms with Crippen LogP contribution in [0.15, 0.2) is 34.6 Å². The highest BCUT2D eigenvalue weighted by Gasteiger charge is 2.77. The Hall–Kier alpha value is -2.01. The molecule has 3 rings (SSSR count). The number of allylic oxidation sites excluding steroid dienone is 6. The summed E-state index contributed by atoms with van der Waals surface area (Å²) in [7, 11) is 0. The van der Waals surface area contributed by atoms with Gasteiger partial charge in [-0.15, -0.1) is 0 Å². The van der Waals surface area contributed by atoms with Gasteiger partial charge in [0, 0.05) is 17.9 Å². The number of ether oxygens (including phenoxy) is 1. The first kappa shape index (κ1) is 27.6. The van der Waals surface area contributed by atoms with Crippen LogP contribution in [-0.4, -0.2) is 34.2 Å². The molecule has 0 radical (unpaired) electrons. The zero-order chi connectivity index (χ0) is 26.7. The predicted octanol–water partition coefficient (Wildman–Crippen LogP) is 5.91. The number of hydrogen-bond donors (Lipinski definition) is 1. The lowest BCUT2D eigenvalue weighted by Gasteiger charge is -2.59. The van der Waals surface area contributed by atoms with E-state index in [-0.39, 0.29) is 23.9 Å². The minimum absolute atomic E-state index is 0.0779. The summed E-state index contributed by atoms with van der Waals surface area (Å²) in [6.07, 6.45) is 5.24. The van der Waals surface area contributed by atoms with Gasteiger partial charge in [-0.3, -0.25) is 14.4 Å². The third-order valence-electron chi connectivity index (χ3n) is 8.68. The molecule has 5 nitrogen and oxygen atoms in total. The average Bonchev–Trinajstić information content (AvgIpc) is 3.10. The Kier molecular flexibility index (Phi) is 6.96. The van der Waals surface area contributed by atoms with Crippen LogP contribution in [0.25, 0.3) is 0 Å². The normalized spacial score (nSPS) is 31.8. The number of rotatable bonds is 7. The van der Waals surface area contributed by atoms with E-state index in [0.717, 1.165) is 11.1 Å². The summed E-state index contributed by atoms with van der Waals surface area (Å²) in [6, 6.07) is 0. The Labute approximate surface area is 211 Å². The zero-order valence-corrected chi connectivity index (χ0v) is 23.3. The lowest BCUT2D eigenvalue weighted by Crippen LogP contribution is -2.69. The molecule has 2 unspecified atom stereocenters. The summed E-state index contributed by atoms with van der Waals surface area (Å²) in [6.45, 7) is 18.8. The second kappa shape index (κ2) is 8.83. The molecule has 194 valence electrons. The molecule has 1 saturated carbocycles. The molecule has 2 fully saturated rings. The molecule has 4 atom stereocenters. The Morgan fingerprint density at radius 2 is 1.66 bits per heavy atom. The van der Waals surface area contributed by atoms with Gasteiger partial charge in [0.25, 0.3) is 0 Å². The molecule has 1 heterocycles. The van der Waals surface area contributed by atoms with Gasteiger partial charge >= 0.3 is 0 Å². The van der Waals surface area contributed by atoms with Gasteiger partial charge in [0.05, 0.1) is 11.0 Å². The highest BCUT2D eigenvalue weighted by molar-refractivity contribution is 6.33. The Balaban J connectivity index is 2.40. The standard InChI is InChI=1S/C30H44O5/c1-17(2)11-13-20-15-29-16-22(28(9,10)34)35-25(29)21(14-12-18(3)4)24(32)30(26(29)33,27(20,7)8)23(31)19(5)6/h11-12,19-20,22,34H,13-16H2,1-10H3/t20?,22-,29?,30+/m0/s1. The molecule has 0 aromatic heterocycles. The number of carbonyl (C=O) groups excluding carboxylic acids is 3. The topological polar surface area (TPSA) is 80.7 Å². The number of carbonyl (C=O) groups is 3. The van der Waals surface area contributed by atoms with Crippen LogP contribution in [0.1, 0.15) is 94.9 Å². The first-order valence-electron chi connectivity index (χ1n) is 13.0. The quantitative estimate of drug-likeness (QED) is 0.359.